The molecular formula is C16H19N3O3. The Hall–Kier alpha value is -2.37. The zero-order valence-electron chi connectivity index (χ0n) is 12.6. The van der Waals surface area contributed by atoms with E-state index in [0.29, 0.717) is 38.1 Å². The van der Waals surface area contributed by atoms with Gasteiger partial charge in [0.15, 0.2) is 0 Å². The Morgan fingerprint density at radius 1 is 1.32 bits per heavy atom. The van der Waals surface area contributed by atoms with Gasteiger partial charge in [0.2, 0.25) is 0 Å². The van der Waals surface area contributed by atoms with Crippen molar-refractivity contribution in [2.75, 3.05) is 19.7 Å². The maximum absolute atomic E-state index is 12.5. The van der Waals surface area contributed by atoms with Gasteiger partial charge in [-0.2, -0.15) is 0 Å². The van der Waals surface area contributed by atoms with Crippen LogP contribution in [0.4, 0.5) is 0 Å². The Morgan fingerprint density at radius 2 is 2.09 bits per heavy atom. The first-order chi connectivity index (χ1) is 10.7. The molecule has 6 nitrogen and oxygen atoms in total. The van der Waals surface area contributed by atoms with E-state index in [4.69, 9.17) is 4.74 Å². The molecular weight excluding hydrogens is 282 g/mol. The Balaban J connectivity index is 1.65. The van der Waals surface area contributed by atoms with Crippen molar-refractivity contribution < 1.29 is 14.3 Å². The van der Waals surface area contributed by atoms with Gasteiger partial charge >= 0.3 is 5.97 Å². The van der Waals surface area contributed by atoms with Gasteiger partial charge in [0.1, 0.15) is 5.65 Å². The lowest BCUT2D eigenvalue weighted by molar-refractivity contribution is -0.149. The minimum Gasteiger partial charge on any atom is -0.466 e. The molecule has 6 heteroatoms. The number of ether oxygens (including phenoxy) is 1. The molecule has 0 unspecified atom stereocenters. The highest BCUT2D eigenvalue weighted by atomic mass is 16.5. The van der Waals surface area contributed by atoms with Crippen molar-refractivity contribution >= 4 is 17.5 Å². The molecule has 2 aromatic rings. The van der Waals surface area contributed by atoms with Crippen LogP contribution in [0.25, 0.3) is 5.65 Å². The molecule has 3 heterocycles. The van der Waals surface area contributed by atoms with Crippen LogP contribution in [0.3, 0.4) is 0 Å². The van der Waals surface area contributed by atoms with Crippen LogP contribution < -0.4 is 0 Å². The number of nitrogens with zero attached hydrogens (tertiary/aromatic N) is 3. The predicted octanol–water partition coefficient (Wildman–Crippen LogP) is 1.75. The van der Waals surface area contributed by atoms with Crippen molar-refractivity contribution in [3.63, 3.8) is 0 Å². The third kappa shape index (κ3) is 2.81. The van der Waals surface area contributed by atoms with Crippen molar-refractivity contribution in [2.45, 2.75) is 19.8 Å². The van der Waals surface area contributed by atoms with E-state index >= 15 is 0 Å². The SMILES string of the molecule is CCOC(=O)C1CCN(C(=O)c2ccc3nccn3c2)CC1. The second-order valence-corrected chi connectivity index (χ2v) is 5.43. The second kappa shape index (κ2) is 6.17. The van der Waals surface area contributed by atoms with Crippen molar-refractivity contribution in [2.24, 2.45) is 5.92 Å². The molecule has 0 atom stereocenters. The van der Waals surface area contributed by atoms with E-state index in [0.717, 1.165) is 5.65 Å². The number of carbonyl (C=O) groups is 2. The number of amides is 1. The van der Waals surface area contributed by atoms with Gasteiger partial charge < -0.3 is 14.0 Å². The molecule has 116 valence electrons. The molecule has 0 radical (unpaired) electrons. The average molecular weight is 301 g/mol. The van der Waals surface area contributed by atoms with E-state index in [-0.39, 0.29) is 17.8 Å². The van der Waals surface area contributed by atoms with Crippen LogP contribution in [0.15, 0.2) is 30.7 Å². The fourth-order valence-corrected chi connectivity index (χ4v) is 2.81. The predicted molar refractivity (Wildman–Crippen MR) is 80.5 cm³/mol. The van der Waals surface area contributed by atoms with Crippen LogP contribution in [0, 0.1) is 5.92 Å². The number of imidazole rings is 1. The van der Waals surface area contributed by atoms with E-state index in [1.54, 1.807) is 23.4 Å². The summed E-state index contributed by atoms with van der Waals surface area (Å²) in [6, 6.07) is 3.63. The summed E-state index contributed by atoms with van der Waals surface area (Å²) in [5, 5.41) is 0. The quantitative estimate of drug-likeness (QED) is 0.810. The summed E-state index contributed by atoms with van der Waals surface area (Å²) >= 11 is 0. The lowest BCUT2D eigenvalue weighted by Crippen LogP contribution is -2.40. The molecule has 1 saturated heterocycles. The Bertz CT molecular complexity index is 687. The van der Waals surface area contributed by atoms with E-state index in [1.807, 2.05) is 23.6 Å². The molecule has 2 aromatic heterocycles. The van der Waals surface area contributed by atoms with Crippen LogP contribution >= 0.6 is 0 Å². The van der Waals surface area contributed by atoms with Crippen LogP contribution in [-0.4, -0.2) is 45.9 Å². The van der Waals surface area contributed by atoms with Crippen molar-refractivity contribution in [3.8, 4) is 0 Å². The minimum atomic E-state index is -0.144. The highest BCUT2D eigenvalue weighted by Crippen LogP contribution is 2.20. The monoisotopic (exact) mass is 301 g/mol. The second-order valence-electron chi connectivity index (χ2n) is 5.43. The molecule has 1 fully saturated rings. The van der Waals surface area contributed by atoms with Crippen molar-refractivity contribution in [1.82, 2.24) is 14.3 Å². The zero-order chi connectivity index (χ0) is 15.5. The lowest BCUT2D eigenvalue weighted by atomic mass is 9.96. The Labute approximate surface area is 128 Å². The Morgan fingerprint density at radius 3 is 2.82 bits per heavy atom. The fourth-order valence-electron chi connectivity index (χ4n) is 2.81. The summed E-state index contributed by atoms with van der Waals surface area (Å²) in [7, 11) is 0. The highest BCUT2D eigenvalue weighted by Gasteiger charge is 2.28. The van der Waals surface area contributed by atoms with Gasteiger partial charge in [0.05, 0.1) is 18.1 Å². The molecule has 0 bridgehead atoms. The minimum absolute atomic E-state index is 0.00194. The summed E-state index contributed by atoms with van der Waals surface area (Å²) in [6.45, 7) is 3.39. The number of hydrogen-bond acceptors (Lipinski definition) is 4. The number of esters is 1. The molecule has 3 rings (SSSR count). The molecule has 1 aliphatic heterocycles. The van der Waals surface area contributed by atoms with Crippen molar-refractivity contribution in [3.05, 3.63) is 36.3 Å². The third-order valence-electron chi connectivity index (χ3n) is 4.04. The molecule has 1 aliphatic rings. The molecule has 1 amide bonds. The third-order valence-corrected chi connectivity index (χ3v) is 4.04. The molecule has 22 heavy (non-hydrogen) atoms. The summed E-state index contributed by atoms with van der Waals surface area (Å²) in [5.74, 6) is -0.229. The van der Waals surface area contributed by atoms with Gasteiger partial charge in [-0.05, 0) is 31.9 Å². The molecule has 0 N–H and O–H groups in total. The maximum atomic E-state index is 12.5. The summed E-state index contributed by atoms with van der Waals surface area (Å²) in [6.07, 6.45) is 6.64. The van der Waals surface area contributed by atoms with Crippen molar-refractivity contribution in [1.29, 1.82) is 0 Å². The van der Waals surface area contributed by atoms with E-state index < -0.39 is 0 Å². The summed E-state index contributed by atoms with van der Waals surface area (Å²) in [5.41, 5.74) is 1.46. The topological polar surface area (TPSA) is 63.9 Å². The van der Waals surface area contributed by atoms with Crippen LogP contribution in [0.2, 0.25) is 0 Å². The summed E-state index contributed by atoms with van der Waals surface area (Å²) < 4.78 is 6.88. The molecule has 0 spiro atoms. The zero-order valence-corrected chi connectivity index (χ0v) is 12.6. The first-order valence-corrected chi connectivity index (χ1v) is 7.57. The fraction of sp³-hybridized carbons (Fsp3) is 0.438. The number of hydrogen-bond donors (Lipinski definition) is 0. The Kier molecular flexibility index (Phi) is 4.09. The molecule has 0 saturated carbocycles. The van der Waals surface area contributed by atoms with Gasteiger partial charge in [0, 0.05) is 31.7 Å². The van der Waals surface area contributed by atoms with Crippen LogP contribution in [0.1, 0.15) is 30.1 Å². The van der Waals surface area contributed by atoms with E-state index in [1.165, 1.54) is 0 Å². The lowest BCUT2D eigenvalue weighted by Gasteiger charge is -2.30. The molecule has 0 aliphatic carbocycles. The number of likely N-dealkylation sites (tertiary alicyclic amines) is 1. The van der Waals surface area contributed by atoms with Gasteiger partial charge in [-0.15, -0.1) is 0 Å². The normalized spacial score (nSPS) is 16.0. The van der Waals surface area contributed by atoms with Gasteiger partial charge in [-0.25, -0.2) is 4.98 Å². The number of pyridine rings is 1. The number of piperidine rings is 1. The first kappa shape index (κ1) is 14.6. The number of fused-ring (bicyclic) bond motifs is 1. The highest BCUT2D eigenvalue weighted by molar-refractivity contribution is 5.94. The average Bonchev–Trinajstić information content (AvgIpc) is 3.02. The van der Waals surface area contributed by atoms with E-state index in [9.17, 15) is 9.59 Å². The maximum Gasteiger partial charge on any atom is 0.309 e. The van der Waals surface area contributed by atoms with Gasteiger partial charge in [-0.3, -0.25) is 9.59 Å². The smallest absolute Gasteiger partial charge is 0.309 e. The summed E-state index contributed by atoms with van der Waals surface area (Å²) in [4.78, 5) is 30.2. The number of aromatic nitrogens is 2. The number of rotatable bonds is 3. The van der Waals surface area contributed by atoms with Crippen LogP contribution in [-0.2, 0) is 9.53 Å². The first-order valence-electron chi connectivity index (χ1n) is 7.57. The van der Waals surface area contributed by atoms with Gasteiger partial charge in [0.25, 0.3) is 5.91 Å². The number of carbonyl (C=O) groups excluding carboxylic acids is 2. The van der Waals surface area contributed by atoms with Gasteiger partial charge in [-0.1, -0.05) is 0 Å². The van der Waals surface area contributed by atoms with Crippen LogP contribution in [0.5, 0.6) is 0 Å². The van der Waals surface area contributed by atoms with E-state index in [2.05, 4.69) is 4.98 Å². The molecule has 0 aromatic carbocycles. The largest absolute Gasteiger partial charge is 0.466 e. The standard InChI is InChI=1S/C16H19N3O3/c1-2-22-16(21)12-5-8-18(9-6-12)15(20)13-3-4-14-17-7-10-19(14)11-13/h3-4,7,10-12H,2,5-6,8-9H2,1H3.